The molecule has 2 aliphatic heterocycles. The molecule has 0 saturated carbocycles. The lowest BCUT2D eigenvalue weighted by atomic mass is 9.78. The van der Waals surface area contributed by atoms with Crippen LogP contribution in [0.1, 0.15) is 55.4 Å². The van der Waals surface area contributed by atoms with E-state index >= 15 is 0 Å². The quantitative estimate of drug-likeness (QED) is 0.164. The third-order valence-electron chi connectivity index (χ3n) is 11.8. The number of fused-ring (bicyclic) bond motifs is 1. The van der Waals surface area contributed by atoms with E-state index in [0.29, 0.717) is 0 Å². The molecule has 52 heavy (non-hydrogen) atoms. The van der Waals surface area contributed by atoms with Gasteiger partial charge in [-0.05, 0) is 122 Å². The van der Waals surface area contributed by atoms with Gasteiger partial charge in [0.15, 0.2) is 0 Å². The van der Waals surface area contributed by atoms with Crippen LogP contribution in [0.3, 0.4) is 0 Å². The van der Waals surface area contributed by atoms with Crippen LogP contribution in [-0.4, -0.2) is 36.6 Å². The predicted molar refractivity (Wildman–Crippen MR) is 217 cm³/mol. The van der Waals surface area contributed by atoms with Crippen molar-refractivity contribution in [2.75, 3.05) is 0 Å². The number of hydrogen-bond acceptors (Lipinski definition) is 4. The Morgan fingerprint density at radius 1 is 0.327 bits per heavy atom. The fourth-order valence-corrected chi connectivity index (χ4v) is 7.13. The highest BCUT2D eigenvalue weighted by atomic mass is 16.7. The van der Waals surface area contributed by atoms with Crippen LogP contribution in [0.25, 0.3) is 55.3 Å². The van der Waals surface area contributed by atoms with E-state index in [1.165, 1.54) is 44.2 Å². The molecule has 0 atom stereocenters. The van der Waals surface area contributed by atoms with Gasteiger partial charge in [0.25, 0.3) is 0 Å². The van der Waals surface area contributed by atoms with Crippen molar-refractivity contribution in [1.82, 2.24) is 0 Å². The maximum absolute atomic E-state index is 6.26. The summed E-state index contributed by atoms with van der Waals surface area (Å²) in [6, 6.07) is 48.1. The summed E-state index contributed by atoms with van der Waals surface area (Å²) < 4.78 is 25.1. The molecule has 0 amide bonds. The molecule has 0 aromatic heterocycles. The van der Waals surface area contributed by atoms with Gasteiger partial charge in [-0.15, -0.1) is 0 Å². The third-order valence-corrected chi connectivity index (χ3v) is 11.8. The maximum atomic E-state index is 6.26. The van der Waals surface area contributed by atoms with Crippen molar-refractivity contribution < 1.29 is 18.6 Å². The van der Waals surface area contributed by atoms with Gasteiger partial charge in [0.1, 0.15) is 0 Å². The van der Waals surface area contributed by atoms with Crippen LogP contribution in [0.2, 0.25) is 0 Å². The van der Waals surface area contributed by atoms with Gasteiger partial charge < -0.3 is 18.6 Å². The Kier molecular flexibility index (Phi) is 8.39. The SMILES string of the molecule is CC1(C)OB(c2ccc(-c3ccc(-c4cccc5cccc(-c6ccc(-c7ccc(B8OC(C)(C)C(C)(C)O8)cc7)cc6)c45)cc3)cc2)OC1(C)C. The fraction of sp³-hybridized carbons (Fsp3) is 0.261. The van der Waals surface area contributed by atoms with Gasteiger partial charge in [-0.25, -0.2) is 0 Å². The first kappa shape index (κ1) is 34.6. The summed E-state index contributed by atoms with van der Waals surface area (Å²) >= 11 is 0. The Morgan fingerprint density at radius 3 is 0.904 bits per heavy atom. The minimum absolute atomic E-state index is 0.360. The van der Waals surface area contributed by atoms with Crippen molar-refractivity contribution in [2.45, 2.75) is 77.8 Å². The Balaban J connectivity index is 1.03. The van der Waals surface area contributed by atoms with Gasteiger partial charge in [-0.2, -0.15) is 0 Å². The monoisotopic (exact) mass is 684 g/mol. The Morgan fingerprint density at radius 2 is 0.596 bits per heavy atom. The van der Waals surface area contributed by atoms with Crippen molar-refractivity contribution in [2.24, 2.45) is 0 Å². The summed E-state index contributed by atoms with van der Waals surface area (Å²) in [7, 11) is -0.726. The second kappa shape index (κ2) is 12.6. The molecular weight excluding hydrogens is 638 g/mol. The third kappa shape index (κ3) is 6.12. The van der Waals surface area contributed by atoms with Crippen LogP contribution in [0.4, 0.5) is 0 Å². The van der Waals surface area contributed by atoms with E-state index in [9.17, 15) is 0 Å². The first-order chi connectivity index (χ1) is 24.7. The predicted octanol–water partition coefficient (Wildman–Crippen LogP) is 10.1. The first-order valence-electron chi connectivity index (χ1n) is 18.4. The van der Waals surface area contributed by atoms with E-state index < -0.39 is 0 Å². The molecule has 6 aromatic carbocycles. The van der Waals surface area contributed by atoms with E-state index in [2.05, 4.69) is 189 Å². The van der Waals surface area contributed by atoms with Crippen molar-refractivity contribution in [3.8, 4) is 44.5 Å². The lowest BCUT2D eigenvalue weighted by molar-refractivity contribution is 0.00578. The molecule has 0 aliphatic carbocycles. The zero-order valence-electron chi connectivity index (χ0n) is 31.5. The minimum atomic E-state index is -0.363. The molecule has 4 nitrogen and oxygen atoms in total. The summed E-state index contributed by atoms with van der Waals surface area (Å²) in [5.74, 6) is 0. The first-order valence-corrected chi connectivity index (χ1v) is 18.4. The zero-order valence-corrected chi connectivity index (χ0v) is 31.5. The lowest BCUT2D eigenvalue weighted by Crippen LogP contribution is -2.41. The largest absolute Gasteiger partial charge is 0.494 e. The second-order valence-electron chi connectivity index (χ2n) is 16.3. The molecule has 260 valence electrons. The molecule has 0 spiro atoms. The maximum Gasteiger partial charge on any atom is 0.494 e. The fourth-order valence-electron chi connectivity index (χ4n) is 7.13. The summed E-state index contributed by atoms with van der Waals surface area (Å²) in [5.41, 5.74) is 10.1. The number of rotatable bonds is 6. The van der Waals surface area contributed by atoms with E-state index in [0.717, 1.165) is 22.1 Å². The highest BCUT2D eigenvalue weighted by molar-refractivity contribution is 6.62. The topological polar surface area (TPSA) is 36.9 Å². The summed E-state index contributed by atoms with van der Waals surface area (Å²) in [6.45, 7) is 16.7. The van der Waals surface area contributed by atoms with Crippen molar-refractivity contribution in [3.05, 3.63) is 133 Å². The molecule has 2 saturated heterocycles. The normalized spacial score (nSPS) is 18.6. The number of benzene rings is 6. The molecule has 0 N–H and O–H groups in total. The zero-order chi connectivity index (χ0) is 36.5. The van der Waals surface area contributed by atoms with Gasteiger partial charge in [-0.3, -0.25) is 0 Å². The Hall–Kier alpha value is -4.45. The van der Waals surface area contributed by atoms with Crippen molar-refractivity contribution in [3.63, 3.8) is 0 Å². The van der Waals surface area contributed by atoms with Gasteiger partial charge >= 0.3 is 14.2 Å². The van der Waals surface area contributed by atoms with Crippen LogP contribution >= 0.6 is 0 Å². The highest BCUT2D eigenvalue weighted by Crippen LogP contribution is 2.40. The molecule has 2 heterocycles. The van der Waals surface area contributed by atoms with Crippen LogP contribution in [0.15, 0.2) is 133 Å². The van der Waals surface area contributed by atoms with E-state index in [1.54, 1.807) is 0 Å². The van der Waals surface area contributed by atoms with Crippen molar-refractivity contribution in [1.29, 1.82) is 0 Å². The number of hydrogen-bond donors (Lipinski definition) is 0. The van der Waals surface area contributed by atoms with E-state index in [1.807, 2.05) is 0 Å². The van der Waals surface area contributed by atoms with Gasteiger partial charge in [0.2, 0.25) is 0 Å². The molecular formula is C46H46B2O4. The Labute approximate surface area is 309 Å². The average Bonchev–Trinajstić information content (AvgIpc) is 3.50. The average molecular weight is 684 g/mol. The van der Waals surface area contributed by atoms with E-state index in [-0.39, 0.29) is 36.6 Å². The van der Waals surface area contributed by atoms with E-state index in [4.69, 9.17) is 18.6 Å². The Bertz CT molecular complexity index is 2050. The van der Waals surface area contributed by atoms with Crippen molar-refractivity contribution >= 4 is 35.9 Å². The van der Waals surface area contributed by atoms with Gasteiger partial charge in [0.05, 0.1) is 22.4 Å². The summed E-state index contributed by atoms with van der Waals surface area (Å²) in [4.78, 5) is 0. The van der Waals surface area contributed by atoms with Crippen LogP contribution in [-0.2, 0) is 18.6 Å². The standard InChI is InChI=1S/C46H46B2O4/c1-43(2)44(3,4)50-47(49-43)38-27-23-33(24-28-38)31-15-19-35(20-16-31)40-13-9-11-37-12-10-14-41(42(37)40)36-21-17-32(18-22-36)34-25-29-39(30-26-34)48-51-45(5,6)46(7,8)52-48/h9-30H,1-8H3. The van der Waals surface area contributed by atoms with Crippen LogP contribution in [0.5, 0.6) is 0 Å². The molecule has 0 unspecified atom stereocenters. The highest BCUT2D eigenvalue weighted by Gasteiger charge is 2.52. The summed E-state index contributed by atoms with van der Waals surface area (Å²) in [5, 5.41) is 2.48. The molecule has 6 aromatic rings. The lowest BCUT2D eigenvalue weighted by Gasteiger charge is -2.32. The molecule has 2 aliphatic rings. The van der Waals surface area contributed by atoms with Gasteiger partial charge in [-0.1, -0.05) is 133 Å². The molecule has 2 fully saturated rings. The smallest absolute Gasteiger partial charge is 0.399 e. The van der Waals surface area contributed by atoms with Gasteiger partial charge in [0, 0.05) is 0 Å². The summed E-state index contributed by atoms with van der Waals surface area (Å²) in [6.07, 6.45) is 0. The molecule has 8 rings (SSSR count). The molecule has 0 bridgehead atoms. The minimum Gasteiger partial charge on any atom is -0.399 e. The van der Waals surface area contributed by atoms with Crippen LogP contribution in [0, 0.1) is 0 Å². The molecule has 0 radical (unpaired) electrons. The second-order valence-corrected chi connectivity index (χ2v) is 16.3. The molecule has 6 heteroatoms. The van der Waals surface area contributed by atoms with Crippen LogP contribution < -0.4 is 10.9 Å².